The summed E-state index contributed by atoms with van der Waals surface area (Å²) in [4.78, 5) is 12.0. The minimum Gasteiger partial charge on any atom is -0.365 e. The lowest BCUT2D eigenvalue weighted by atomic mass is 9.78. The third kappa shape index (κ3) is 2.00. The Kier molecular flexibility index (Phi) is 2.95. The number of alkyl halides is 1. The zero-order chi connectivity index (χ0) is 10.9. The molecule has 1 heterocycles. The fourth-order valence-electron chi connectivity index (χ4n) is 2.23. The summed E-state index contributed by atoms with van der Waals surface area (Å²) in [6.07, 6.45) is 4.94. The largest absolute Gasteiger partial charge is 0.365 e. The third-order valence-electron chi connectivity index (χ3n) is 3.64. The van der Waals surface area contributed by atoms with Crippen molar-refractivity contribution in [3.05, 3.63) is 0 Å². The van der Waals surface area contributed by atoms with E-state index in [9.17, 15) is 4.79 Å². The highest BCUT2D eigenvalue weighted by atomic mass is 35.5. The molecule has 86 valence electrons. The van der Waals surface area contributed by atoms with Crippen LogP contribution in [0.4, 0.5) is 0 Å². The van der Waals surface area contributed by atoms with Gasteiger partial charge < -0.3 is 10.1 Å². The normalized spacial score (nSPS) is 33.5. The smallest absolute Gasteiger partial charge is 0.252 e. The first-order valence-corrected chi connectivity index (χ1v) is 6.16. The summed E-state index contributed by atoms with van der Waals surface area (Å²) in [5, 5.41) is 3.07. The summed E-state index contributed by atoms with van der Waals surface area (Å²) in [5.74, 6) is 0.523. The Morgan fingerprint density at radius 3 is 2.53 bits per heavy atom. The SMILES string of the molecule is CC1(C(=O)NC2(CCl)CCC2)CCCO1. The van der Waals surface area contributed by atoms with Crippen molar-refractivity contribution in [2.45, 2.75) is 50.2 Å². The van der Waals surface area contributed by atoms with Crippen LogP contribution in [-0.4, -0.2) is 29.5 Å². The van der Waals surface area contributed by atoms with Gasteiger partial charge in [0.05, 0.1) is 5.54 Å². The van der Waals surface area contributed by atoms with Gasteiger partial charge >= 0.3 is 0 Å². The first-order chi connectivity index (χ1) is 7.10. The van der Waals surface area contributed by atoms with Crippen molar-refractivity contribution in [3.8, 4) is 0 Å². The van der Waals surface area contributed by atoms with Gasteiger partial charge in [-0.05, 0) is 39.0 Å². The Balaban J connectivity index is 1.96. The predicted molar refractivity (Wildman–Crippen MR) is 59.0 cm³/mol. The Labute approximate surface area is 95.5 Å². The summed E-state index contributed by atoms with van der Waals surface area (Å²) >= 11 is 5.90. The molecule has 1 amide bonds. The molecule has 1 aliphatic carbocycles. The molecule has 1 saturated carbocycles. The monoisotopic (exact) mass is 231 g/mol. The van der Waals surface area contributed by atoms with E-state index in [0.29, 0.717) is 12.5 Å². The van der Waals surface area contributed by atoms with Crippen LogP contribution >= 0.6 is 11.6 Å². The molecular formula is C11H18ClNO2. The Morgan fingerprint density at radius 2 is 2.13 bits per heavy atom. The van der Waals surface area contributed by atoms with Crippen molar-refractivity contribution in [1.29, 1.82) is 0 Å². The summed E-state index contributed by atoms with van der Waals surface area (Å²) in [5.41, 5.74) is -0.762. The number of ether oxygens (including phenoxy) is 1. The number of carbonyl (C=O) groups is 1. The average Bonchev–Trinajstić information content (AvgIpc) is 2.60. The first-order valence-electron chi connectivity index (χ1n) is 5.63. The number of hydrogen-bond acceptors (Lipinski definition) is 2. The lowest BCUT2D eigenvalue weighted by molar-refractivity contribution is -0.142. The highest BCUT2D eigenvalue weighted by molar-refractivity contribution is 6.19. The van der Waals surface area contributed by atoms with E-state index in [0.717, 1.165) is 32.1 Å². The van der Waals surface area contributed by atoms with Crippen molar-refractivity contribution in [2.24, 2.45) is 0 Å². The number of hydrogen-bond donors (Lipinski definition) is 1. The van der Waals surface area contributed by atoms with Crippen LogP contribution in [0, 0.1) is 0 Å². The molecule has 0 spiro atoms. The zero-order valence-corrected chi connectivity index (χ0v) is 9.90. The molecule has 0 radical (unpaired) electrons. The maximum absolute atomic E-state index is 12.0. The topological polar surface area (TPSA) is 38.3 Å². The summed E-state index contributed by atoms with van der Waals surface area (Å²) < 4.78 is 5.51. The summed E-state index contributed by atoms with van der Waals surface area (Å²) in [7, 11) is 0. The summed E-state index contributed by atoms with van der Waals surface area (Å²) in [6, 6.07) is 0. The third-order valence-corrected chi connectivity index (χ3v) is 4.16. The van der Waals surface area contributed by atoms with Crippen LogP contribution < -0.4 is 5.32 Å². The van der Waals surface area contributed by atoms with E-state index in [2.05, 4.69) is 5.32 Å². The van der Waals surface area contributed by atoms with Gasteiger partial charge in [-0.1, -0.05) is 0 Å². The number of amides is 1. The zero-order valence-electron chi connectivity index (χ0n) is 9.14. The Hall–Kier alpha value is -0.280. The molecule has 1 saturated heterocycles. The minimum atomic E-state index is -0.616. The molecular weight excluding hydrogens is 214 g/mol. The van der Waals surface area contributed by atoms with Gasteiger partial charge in [0.25, 0.3) is 5.91 Å². The van der Waals surface area contributed by atoms with Crippen molar-refractivity contribution < 1.29 is 9.53 Å². The summed E-state index contributed by atoms with van der Waals surface area (Å²) in [6.45, 7) is 2.56. The number of carbonyl (C=O) groups excluding carboxylic acids is 1. The maximum atomic E-state index is 12.0. The Morgan fingerprint density at radius 1 is 1.40 bits per heavy atom. The first kappa shape index (κ1) is 11.2. The second-order valence-electron chi connectivity index (χ2n) is 4.90. The van der Waals surface area contributed by atoms with E-state index in [-0.39, 0.29) is 11.4 Å². The number of nitrogens with one attached hydrogen (secondary N) is 1. The van der Waals surface area contributed by atoms with Crippen LogP contribution in [0.1, 0.15) is 39.0 Å². The van der Waals surface area contributed by atoms with E-state index in [1.54, 1.807) is 0 Å². The van der Waals surface area contributed by atoms with Crippen molar-refractivity contribution in [2.75, 3.05) is 12.5 Å². The van der Waals surface area contributed by atoms with Gasteiger partial charge in [0.2, 0.25) is 0 Å². The van der Waals surface area contributed by atoms with E-state index in [1.165, 1.54) is 0 Å². The van der Waals surface area contributed by atoms with Crippen molar-refractivity contribution in [3.63, 3.8) is 0 Å². The van der Waals surface area contributed by atoms with Crippen LogP contribution in [0.2, 0.25) is 0 Å². The van der Waals surface area contributed by atoms with Crippen LogP contribution in [0.3, 0.4) is 0 Å². The van der Waals surface area contributed by atoms with Gasteiger partial charge in [-0.2, -0.15) is 0 Å². The quantitative estimate of drug-likeness (QED) is 0.753. The highest BCUT2D eigenvalue weighted by Gasteiger charge is 2.44. The molecule has 2 aliphatic rings. The number of halogens is 1. The van der Waals surface area contributed by atoms with Crippen LogP contribution in [0.25, 0.3) is 0 Å². The maximum Gasteiger partial charge on any atom is 0.252 e. The second kappa shape index (κ2) is 3.95. The van der Waals surface area contributed by atoms with E-state index in [1.807, 2.05) is 6.92 Å². The van der Waals surface area contributed by atoms with Crippen LogP contribution in [0.15, 0.2) is 0 Å². The molecule has 0 bridgehead atoms. The lowest BCUT2D eigenvalue weighted by Crippen LogP contribution is -2.59. The molecule has 2 fully saturated rings. The van der Waals surface area contributed by atoms with Gasteiger partial charge in [-0.3, -0.25) is 4.79 Å². The van der Waals surface area contributed by atoms with E-state index >= 15 is 0 Å². The molecule has 1 unspecified atom stereocenters. The molecule has 3 nitrogen and oxygen atoms in total. The fourth-order valence-corrected chi connectivity index (χ4v) is 2.56. The molecule has 1 atom stereocenters. The molecule has 15 heavy (non-hydrogen) atoms. The Bertz CT molecular complexity index is 252. The molecule has 1 N–H and O–H groups in total. The fraction of sp³-hybridized carbons (Fsp3) is 0.909. The van der Waals surface area contributed by atoms with Crippen molar-refractivity contribution in [1.82, 2.24) is 5.32 Å². The van der Waals surface area contributed by atoms with E-state index in [4.69, 9.17) is 16.3 Å². The van der Waals surface area contributed by atoms with Crippen molar-refractivity contribution >= 4 is 17.5 Å². The van der Waals surface area contributed by atoms with Crippen LogP contribution in [-0.2, 0) is 9.53 Å². The highest BCUT2D eigenvalue weighted by Crippen LogP contribution is 2.34. The van der Waals surface area contributed by atoms with Gasteiger partial charge in [0, 0.05) is 12.5 Å². The molecule has 0 aromatic carbocycles. The van der Waals surface area contributed by atoms with Gasteiger partial charge in [0.1, 0.15) is 5.60 Å². The lowest BCUT2D eigenvalue weighted by Gasteiger charge is -2.42. The molecule has 0 aromatic rings. The number of rotatable bonds is 3. The molecule has 1 aliphatic heterocycles. The second-order valence-corrected chi connectivity index (χ2v) is 5.17. The molecule has 0 aromatic heterocycles. The van der Waals surface area contributed by atoms with Gasteiger partial charge in [-0.25, -0.2) is 0 Å². The van der Waals surface area contributed by atoms with Gasteiger partial charge in [-0.15, -0.1) is 11.6 Å². The van der Waals surface area contributed by atoms with Gasteiger partial charge in [0.15, 0.2) is 0 Å². The average molecular weight is 232 g/mol. The predicted octanol–water partition coefficient (Wildman–Crippen LogP) is 1.83. The minimum absolute atomic E-state index is 0.0142. The van der Waals surface area contributed by atoms with Crippen LogP contribution in [0.5, 0.6) is 0 Å². The van der Waals surface area contributed by atoms with E-state index < -0.39 is 5.60 Å². The molecule has 4 heteroatoms. The standard InChI is InChI=1S/C11H18ClNO2/c1-10(4-3-7-15-10)9(14)13-11(8-12)5-2-6-11/h2-8H2,1H3,(H,13,14). The molecule has 2 rings (SSSR count).